The average Bonchev–Trinajstić information content (AvgIpc) is 3.10. The first kappa shape index (κ1) is 22.9. The maximum absolute atomic E-state index is 13.5. The topological polar surface area (TPSA) is 92.4 Å². The molecule has 0 aliphatic heterocycles. The van der Waals surface area contributed by atoms with Gasteiger partial charge in [-0.3, -0.25) is 14.6 Å². The van der Waals surface area contributed by atoms with Crippen molar-refractivity contribution in [3.8, 4) is 0 Å². The molecule has 0 saturated carbocycles. The Kier molecular flexibility index (Phi) is 6.82. The van der Waals surface area contributed by atoms with E-state index in [0.717, 1.165) is 5.56 Å². The van der Waals surface area contributed by atoms with Crippen LogP contribution in [0.25, 0.3) is 0 Å². The lowest BCUT2D eigenvalue weighted by Gasteiger charge is -2.29. The minimum absolute atomic E-state index is 0.128. The number of Topliss-reactive ketones (excluding diaryl/α,β-unsaturated/α-hetero) is 1. The van der Waals surface area contributed by atoms with Crippen molar-refractivity contribution < 1.29 is 23.5 Å². The number of benzene rings is 1. The van der Waals surface area contributed by atoms with Gasteiger partial charge >= 0.3 is 5.97 Å². The maximum Gasteiger partial charge on any atom is 0.354 e. The molecule has 0 aliphatic rings. The summed E-state index contributed by atoms with van der Waals surface area (Å²) in [6, 6.07) is 7.84. The van der Waals surface area contributed by atoms with E-state index < -0.39 is 23.7 Å². The largest absolute Gasteiger partial charge is 0.464 e. The van der Waals surface area contributed by atoms with E-state index in [2.05, 4.69) is 9.97 Å². The van der Waals surface area contributed by atoms with Crippen molar-refractivity contribution in [2.24, 2.45) is 0 Å². The molecule has 1 aromatic carbocycles. The number of pyridine rings is 1. The number of hydrogen-bond donors (Lipinski definition) is 1. The number of rotatable bonds is 7. The van der Waals surface area contributed by atoms with E-state index in [0.29, 0.717) is 16.8 Å². The fourth-order valence-electron chi connectivity index (χ4n) is 3.61. The number of carbonyl (C=O) groups is 3. The number of nitrogens with one attached hydrogen (secondary N) is 1. The summed E-state index contributed by atoms with van der Waals surface area (Å²) in [6.07, 6.45) is 3.23. The molecule has 0 radical (unpaired) electrons. The zero-order chi connectivity index (χ0) is 23.4. The molecule has 166 valence electrons. The van der Waals surface area contributed by atoms with Gasteiger partial charge in [-0.05, 0) is 62.2 Å². The van der Waals surface area contributed by atoms with Crippen LogP contribution in [0.3, 0.4) is 0 Å². The fourth-order valence-corrected chi connectivity index (χ4v) is 3.61. The summed E-state index contributed by atoms with van der Waals surface area (Å²) in [5.74, 6) is -1.79. The Labute approximate surface area is 185 Å². The van der Waals surface area contributed by atoms with Crippen LogP contribution in [-0.2, 0) is 11.3 Å². The molecule has 32 heavy (non-hydrogen) atoms. The van der Waals surface area contributed by atoms with Crippen molar-refractivity contribution in [1.82, 2.24) is 14.9 Å². The van der Waals surface area contributed by atoms with E-state index in [9.17, 15) is 18.8 Å². The number of nitrogens with zero attached hydrogens (tertiary/aromatic N) is 2. The monoisotopic (exact) mass is 437 g/mol. The molecule has 0 aliphatic carbocycles. The summed E-state index contributed by atoms with van der Waals surface area (Å²) < 4.78 is 18.1. The van der Waals surface area contributed by atoms with Gasteiger partial charge in [-0.2, -0.15) is 0 Å². The molecule has 0 spiro atoms. The van der Waals surface area contributed by atoms with Crippen molar-refractivity contribution in [1.29, 1.82) is 0 Å². The maximum atomic E-state index is 13.5. The third-order valence-corrected chi connectivity index (χ3v) is 5.35. The number of aromatic nitrogens is 2. The summed E-state index contributed by atoms with van der Waals surface area (Å²) in [4.78, 5) is 47.2. The van der Waals surface area contributed by atoms with Gasteiger partial charge in [-0.25, -0.2) is 9.18 Å². The quantitative estimate of drug-likeness (QED) is 0.448. The van der Waals surface area contributed by atoms with Crippen LogP contribution in [0.1, 0.15) is 54.9 Å². The Hall–Kier alpha value is -3.81. The molecule has 3 rings (SSSR count). The second kappa shape index (κ2) is 9.55. The van der Waals surface area contributed by atoms with Gasteiger partial charge in [0.2, 0.25) is 0 Å². The molecule has 7 nitrogen and oxygen atoms in total. The molecule has 0 saturated heterocycles. The van der Waals surface area contributed by atoms with Crippen LogP contribution in [0.5, 0.6) is 0 Å². The second-order valence-corrected chi connectivity index (χ2v) is 7.46. The molecule has 1 N–H and O–H groups in total. The van der Waals surface area contributed by atoms with Crippen molar-refractivity contribution in [3.05, 3.63) is 88.3 Å². The Balaban J connectivity index is 1.99. The molecule has 1 amide bonds. The molecular formula is C24H24FN3O4. The second-order valence-electron chi connectivity index (χ2n) is 7.46. The number of ether oxygens (including phenoxy) is 1. The van der Waals surface area contributed by atoms with Crippen molar-refractivity contribution in [2.75, 3.05) is 7.11 Å². The van der Waals surface area contributed by atoms with E-state index in [1.807, 2.05) is 0 Å². The molecule has 0 fully saturated rings. The molecule has 2 aromatic heterocycles. The first-order chi connectivity index (χ1) is 15.2. The predicted molar refractivity (Wildman–Crippen MR) is 116 cm³/mol. The van der Waals surface area contributed by atoms with E-state index >= 15 is 0 Å². The highest BCUT2D eigenvalue weighted by atomic mass is 19.1. The third-order valence-electron chi connectivity index (χ3n) is 5.35. The van der Waals surface area contributed by atoms with Gasteiger partial charge in [0.25, 0.3) is 5.91 Å². The molecule has 3 aromatic rings. The number of ketones is 1. The number of carbonyl (C=O) groups excluding carboxylic acids is 3. The molecule has 1 atom stereocenters. The van der Waals surface area contributed by atoms with Crippen LogP contribution in [-0.4, -0.2) is 45.7 Å². The summed E-state index contributed by atoms with van der Waals surface area (Å²) in [6.45, 7) is 5.10. The predicted octanol–water partition coefficient (Wildman–Crippen LogP) is 3.87. The van der Waals surface area contributed by atoms with Crippen LogP contribution in [0.2, 0.25) is 0 Å². The Morgan fingerprint density at radius 2 is 1.84 bits per heavy atom. The van der Waals surface area contributed by atoms with Gasteiger partial charge in [0, 0.05) is 35.8 Å². The first-order valence-electron chi connectivity index (χ1n) is 10.0. The summed E-state index contributed by atoms with van der Waals surface area (Å²) in [5.41, 5.74) is 2.50. The van der Waals surface area contributed by atoms with Crippen LogP contribution in [0.4, 0.5) is 4.39 Å². The third kappa shape index (κ3) is 4.59. The number of methoxy groups -OCH3 is 1. The van der Waals surface area contributed by atoms with Gasteiger partial charge in [-0.15, -0.1) is 0 Å². The van der Waals surface area contributed by atoms with Gasteiger partial charge in [-0.1, -0.05) is 6.07 Å². The number of H-pyrrole nitrogens is 1. The van der Waals surface area contributed by atoms with E-state index in [1.165, 1.54) is 36.3 Å². The van der Waals surface area contributed by atoms with Crippen LogP contribution >= 0.6 is 0 Å². The van der Waals surface area contributed by atoms with Crippen LogP contribution < -0.4 is 0 Å². The summed E-state index contributed by atoms with van der Waals surface area (Å²) >= 11 is 0. The number of aryl methyl sites for hydroxylation is 1. The SMILES string of the molecule is COC(=O)c1[nH]c(C)c(C(=O)[C@H](C)N(Cc2cccnc2)C(=O)c2ccc(F)cc2)c1C. The lowest BCUT2D eigenvalue weighted by atomic mass is 9.99. The van der Waals surface area contributed by atoms with Gasteiger partial charge < -0.3 is 14.6 Å². The van der Waals surface area contributed by atoms with E-state index in [-0.39, 0.29) is 23.6 Å². The standard InChI is InChI=1S/C24H24FN3O4/c1-14-20(15(2)27-21(14)24(31)32-4)22(29)16(3)28(13-17-6-5-11-26-12-17)23(30)18-7-9-19(25)10-8-18/h5-12,16,27H,13H2,1-4H3/t16-/m0/s1. The zero-order valence-electron chi connectivity index (χ0n) is 18.3. The van der Waals surface area contributed by atoms with Crippen LogP contribution in [0.15, 0.2) is 48.8 Å². The first-order valence-corrected chi connectivity index (χ1v) is 10.0. The fraction of sp³-hybridized carbons (Fsp3) is 0.250. The highest BCUT2D eigenvalue weighted by Crippen LogP contribution is 2.23. The van der Waals surface area contributed by atoms with Gasteiger partial charge in [0.15, 0.2) is 5.78 Å². The average molecular weight is 437 g/mol. The van der Waals surface area contributed by atoms with Crippen molar-refractivity contribution in [2.45, 2.75) is 33.4 Å². The Morgan fingerprint density at radius 1 is 1.16 bits per heavy atom. The van der Waals surface area contributed by atoms with Gasteiger partial charge in [0.1, 0.15) is 11.5 Å². The molecule has 8 heteroatoms. The smallest absolute Gasteiger partial charge is 0.354 e. The van der Waals surface area contributed by atoms with Crippen molar-refractivity contribution in [3.63, 3.8) is 0 Å². The van der Waals surface area contributed by atoms with Crippen molar-refractivity contribution >= 4 is 17.7 Å². The van der Waals surface area contributed by atoms with E-state index in [1.54, 1.807) is 45.3 Å². The normalized spacial score (nSPS) is 11.7. The highest BCUT2D eigenvalue weighted by molar-refractivity contribution is 6.07. The number of halogens is 1. The van der Waals surface area contributed by atoms with Gasteiger partial charge in [0.05, 0.1) is 13.2 Å². The molecular weight excluding hydrogens is 413 g/mol. The minimum atomic E-state index is -0.869. The van der Waals surface area contributed by atoms with Crippen LogP contribution in [0, 0.1) is 19.7 Å². The molecule has 0 unspecified atom stereocenters. The molecule has 2 heterocycles. The Bertz CT molecular complexity index is 1140. The Morgan fingerprint density at radius 3 is 2.44 bits per heavy atom. The number of aromatic amines is 1. The number of esters is 1. The summed E-state index contributed by atoms with van der Waals surface area (Å²) in [5, 5.41) is 0. The lowest BCUT2D eigenvalue weighted by Crippen LogP contribution is -2.43. The molecule has 0 bridgehead atoms. The highest BCUT2D eigenvalue weighted by Gasteiger charge is 2.32. The minimum Gasteiger partial charge on any atom is -0.464 e. The van der Waals surface area contributed by atoms with E-state index in [4.69, 9.17) is 4.74 Å². The lowest BCUT2D eigenvalue weighted by molar-refractivity contribution is 0.0592. The number of amides is 1. The zero-order valence-corrected chi connectivity index (χ0v) is 18.3. The number of hydrogen-bond acceptors (Lipinski definition) is 5. The summed E-state index contributed by atoms with van der Waals surface area (Å²) in [7, 11) is 1.26.